The summed E-state index contributed by atoms with van der Waals surface area (Å²) in [5.41, 5.74) is 0.762. The van der Waals surface area contributed by atoms with Crippen molar-refractivity contribution in [1.82, 2.24) is 10.6 Å². The monoisotopic (exact) mass is 596 g/mol. The number of fused-ring (bicyclic) bond motifs is 1. The molecule has 0 radical (unpaired) electrons. The number of esters is 3. The molecule has 15 nitrogen and oxygen atoms in total. The first-order valence-electron chi connectivity index (χ1n) is 13.2. The van der Waals surface area contributed by atoms with Crippen molar-refractivity contribution in [3.05, 3.63) is 35.9 Å². The highest BCUT2D eigenvalue weighted by atomic mass is 16.9. The van der Waals surface area contributed by atoms with Crippen molar-refractivity contribution in [1.29, 1.82) is 0 Å². The Labute approximate surface area is 242 Å². The van der Waals surface area contributed by atoms with E-state index in [1.54, 1.807) is 31.2 Å². The Morgan fingerprint density at radius 1 is 0.976 bits per heavy atom. The maximum Gasteiger partial charge on any atom is 0.408 e. The highest BCUT2D eigenvalue weighted by molar-refractivity contribution is 5.89. The van der Waals surface area contributed by atoms with E-state index in [0.717, 1.165) is 12.7 Å². The second kappa shape index (κ2) is 14.4. The van der Waals surface area contributed by atoms with Gasteiger partial charge in [-0.05, 0) is 19.4 Å². The van der Waals surface area contributed by atoms with E-state index in [1.807, 2.05) is 6.07 Å². The molecule has 2 aliphatic rings. The van der Waals surface area contributed by atoms with Crippen LogP contribution in [0.15, 0.2) is 30.3 Å². The number of carbonyl (C=O) groups is 5. The number of amides is 2. The van der Waals surface area contributed by atoms with Gasteiger partial charge in [-0.1, -0.05) is 30.3 Å². The predicted molar refractivity (Wildman–Crippen MR) is 139 cm³/mol. The van der Waals surface area contributed by atoms with E-state index < -0.39 is 85.3 Å². The molecular weight excluding hydrogens is 560 g/mol. The van der Waals surface area contributed by atoms with E-state index in [9.17, 15) is 24.0 Å². The molecule has 2 amide bonds. The van der Waals surface area contributed by atoms with E-state index in [-0.39, 0.29) is 6.61 Å². The smallest absolute Gasteiger partial charge is 0.408 e. The standard InChI is InChI=1S/C27H36N2O13/c1-14(28-26(34)36-12-18-10-8-7-9-11-18)23(32)29-19(24(33)35-6)13-37-27(5)41-22-21(40-17(4)31)20(39-16(3)30)15(2)38-25(22)42-27/h7-11,14-15,19-22,25H,12-13H2,1-6H3,(H,28,34)(H,29,32)/t14-,15-,19-,20+,21+,22-,25-,27?/m0/s1. The van der Waals surface area contributed by atoms with Gasteiger partial charge < -0.3 is 43.8 Å². The molecule has 2 saturated heterocycles. The minimum Gasteiger partial charge on any atom is -0.467 e. The Balaban J connectivity index is 1.60. The summed E-state index contributed by atoms with van der Waals surface area (Å²) in [5, 5.41) is 4.83. The number of benzene rings is 1. The van der Waals surface area contributed by atoms with Crippen LogP contribution in [0.3, 0.4) is 0 Å². The van der Waals surface area contributed by atoms with E-state index in [1.165, 1.54) is 27.7 Å². The molecule has 2 aliphatic heterocycles. The van der Waals surface area contributed by atoms with Crippen LogP contribution in [0.1, 0.15) is 40.2 Å². The molecule has 42 heavy (non-hydrogen) atoms. The Morgan fingerprint density at radius 2 is 1.62 bits per heavy atom. The van der Waals surface area contributed by atoms with Crippen molar-refractivity contribution in [2.24, 2.45) is 0 Å². The number of carbonyl (C=O) groups excluding carboxylic acids is 5. The molecule has 232 valence electrons. The van der Waals surface area contributed by atoms with Gasteiger partial charge in [-0.15, -0.1) is 0 Å². The fourth-order valence-corrected chi connectivity index (χ4v) is 4.28. The summed E-state index contributed by atoms with van der Waals surface area (Å²) in [4.78, 5) is 60.8. The highest BCUT2D eigenvalue weighted by Crippen LogP contribution is 2.39. The Bertz CT molecular complexity index is 1130. The molecule has 2 N–H and O–H groups in total. The minimum absolute atomic E-state index is 0.00262. The summed E-state index contributed by atoms with van der Waals surface area (Å²) in [6.45, 7) is 6.30. The molecule has 0 aliphatic carbocycles. The summed E-state index contributed by atoms with van der Waals surface area (Å²) < 4.78 is 43.7. The van der Waals surface area contributed by atoms with Gasteiger partial charge in [0.1, 0.15) is 12.6 Å². The molecule has 1 aromatic carbocycles. The average molecular weight is 597 g/mol. The van der Waals surface area contributed by atoms with Crippen molar-refractivity contribution in [2.45, 2.75) is 90.0 Å². The summed E-state index contributed by atoms with van der Waals surface area (Å²) in [5.74, 6) is -4.68. The number of hydrogen-bond donors (Lipinski definition) is 2. The lowest BCUT2D eigenvalue weighted by Gasteiger charge is -2.39. The molecular formula is C27H36N2O13. The third kappa shape index (κ3) is 8.85. The first kappa shape index (κ1) is 32.7. The maximum atomic E-state index is 12.8. The summed E-state index contributed by atoms with van der Waals surface area (Å²) in [6.07, 6.45) is -5.79. The number of methoxy groups -OCH3 is 1. The van der Waals surface area contributed by atoms with E-state index in [4.69, 9.17) is 37.9 Å². The number of hydrogen-bond acceptors (Lipinski definition) is 13. The lowest BCUT2D eigenvalue weighted by Crippen LogP contribution is -2.58. The molecule has 2 heterocycles. The van der Waals surface area contributed by atoms with Crippen molar-refractivity contribution in [2.75, 3.05) is 13.7 Å². The van der Waals surface area contributed by atoms with E-state index >= 15 is 0 Å². The van der Waals surface area contributed by atoms with Crippen LogP contribution in [-0.2, 0) is 63.7 Å². The van der Waals surface area contributed by atoms with Crippen LogP contribution in [0.25, 0.3) is 0 Å². The fraction of sp³-hybridized carbons (Fsp3) is 0.593. The molecule has 8 atom stereocenters. The molecule has 1 unspecified atom stereocenters. The fourth-order valence-electron chi connectivity index (χ4n) is 4.28. The quantitative estimate of drug-likeness (QED) is 0.269. The summed E-state index contributed by atoms with van der Waals surface area (Å²) in [7, 11) is 1.12. The zero-order chi connectivity index (χ0) is 31.0. The van der Waals surface area contributed by atoms with Crippen LogP contribution in [0.4, 0.5) is 4.79 Å². The normalized spacial score (nSPS) is 27.9. The average Bonchev–Trinajstić information content (AvgIpc) is 3.27. The van der Waals surface area contributed by atoms with Gasteiger partial charge in [-0.2, -0.15) is 0 Å². The van der Waals surface area contributed by atoms with Crippen LogP contribution in [0.2, 0.25) is 0 Å². The topological polar surface area (TPSA) is 183 Å². The molecule has 0 saturated carbocycles. The number of alkyl carbamates (subject to hydrolysis) is 1. The first-order chi connectivity index (χ1) is 19.8. The SMILES string of the molecule is COC(=O)[C@H](COC1(C)O[C@@H]2O[C@@H](C)[C@@H](OC(C)=O)[C@@H](OC(C)=O)[C@@H]2O1)NC(=O)[C@H](C)NC(=O)OCc1ccccc1. The molecule has 0 aromatic heterocycles. The molecule has 0 bridgehead atoms. The number of rotatable bonds is 11. The van der Waals surface area contributed by atoms with E-state index in [0.29, 0.717) is 0 Å². The van der Waals surface area contributed by atoms with Gasteiger partial charge >= 0.3 is 24.0 Å². The lowest BCUT2D eigenvalue weighted by atomic mass is 9.99. The molecule has 3 rings (SSSR count). The number of ether oxygens (including phenoxy) is 8. The van der Waals surface area contributed by atoms with Gasteiger partial charge in [0.25, 0.3) is 5.97 Å². The van der Waals surface area contributed by atoms with Gasteiger partial charge in [0.2, 0.25) is 5.91 Å². The van der Waals surface area contributed by atoms with Gasteiger partial charge in [-0.3, -0.25) is 19.1 Å². The summed E-state index contributed by atoms with van der Waals surface area (Å²) in [6, 6.07) is 6.54. The van der Waals surface area contributed by atoms with Gasteiger partial charge in [0, 0.05) is 20.8 Å². The zero-order valence-corrected chi connectivity index (χ0v) is 24.1. The van der Waals surface area contributed by atoms with Crippen LogP contribution in [0.5, 0.6) is 0 Å². The van der Waals surface area contributed by atoms with Crippen molar-refractivity contribution >= 4 is 29.9 Å². The van der Waals surface area contributed by atoms with Gasteiger partial charge in [-0.25, -0.2) is 9.59 Å². The van der Waals surface area contributed by atoms with E-state index in [2.05, 4.69) is 10.6 Å². The molecule has 2 fully saturated rings. The second-order valence-corrected chi connectivity index (χ2v) is 9.74. The van der Waals surface area contributed by atoms with Crippen molar-refractivity contribution < 1.29 is 61.9 Å². The van der Waals surface area contributed by atoms with Crippen LogP contribution in [-0.4, -0.2) is 92.4 Å². The van der Waals surface area contributed by atoms with Gasteiger partial charge in [0.15, 0.2) is 30.6 Å². The summed E-state index contributed by atoms with van der Waals surface area (Å²) >= 11 is 0. The van der Waals surface area contributed by atoms with Crippen LogP contribution < -0.4 is 10.6 Å². The lowest BCUT2D eigenvalue weighted by molar-refractivity contribution is -0.344. The minimum atomic E-state index is -1.83. The van der Waals surface area contributed by atoms with Crippen LogP contribution >= 0.6 is 0 Å². The molecule has 1 aromatic rings. The Hall–Kier alpha value is -3.79. The third-order valence-corrected chi connectivity index (χ3v) is 6.27. The van der Waals surface area contributed by atoms with Crippen LogP contribution in [0, 0.1) is 0 Å². The second-order valence-electron chi connectivity index (χ2n) is 9.74. The molecule has 0 spiro atoms. The number of nitrogens with one attached hydrogen (secondary N) is 2. The third-order valence-electron chi connectivity index (χ3n) is 6.27. The Kier molecular flexibility index (Phi) is 11.2. The molecule has 15 heteroatoms. The zero-order valence-electron chi connectivity index (χ0n) is 24.1. The largest absolute Gasteiger partial charge is 0.467 e. The van der Waals surface area contributed by atoms with Crippen molar-refractivity contribution in [3.63, 3.8) is 0 Å². The Morgan fingerprint density at radius 3 is 2.24 bits per heavy atom. The maximum absolute atomic E-state index is 12.8. The van der Waals surface area contributed by atoms with Crippen molar-refractivity contribution in [3.8, 4) is 0 Å². The highest BCUT2D eigenvalue weighted by Gasteiger charge is 2.58. The predicted octanol–water partition coefficient (Wildman–Crippen LogP) is 0.673. The first-order valence-corrected chi connectivity index (χ1v) is 13.2. The van der Waals surface area contributed by atoms with Gasteiger partial charge in [0.05, 0.1) is 19.8 Å².